The van der Waals surface area contributed by atoms with E-state index in [9.17, 15) is 23.1 Å². The number of hydrogen-bond acceptors (Lipinski definition) is 4. The largest absolute Gasteiger partial charge is 0.459 e. The Balaban J connectivity index is 5.12. The second-order valence-corrected chi connectivity index (χ2v) is 8.22. The molecule has 0 aliphatic heterocycles. The minimum Gasteiger partial charge on any atom is -0.459 e. The molecule has 0 heterocycles. The van der Waals surface area contributed by atoms with Crippen LogP contribution in [-0.4, -0.2) is 34.0 Å². The summed E-state index contributed by atoms with van der Waals surface area (Å²) in [5.74, 6) is 3.35. The molecule has 0 aliphatic carbocycles. The average molecular weight is 393 g/mol. The van der Waals surface area contributed by atoms with Crippen LogP contribution in [0.2, 0.25) is 0 Å². The normalized spacial score (nSPS) is 16.7. The highest BCUT2D eigenvalue weighted by Crippen LogP contribution is 2.29. The molecule has 0 amide bonds. The van der Waals surface area contributed by atoms with Crippen molar-refractivity contribution in [1.82, 2.24) is 0 Å². The number of carbonyl (C=O) groups excluding carboxylic acids is 1. The molecule has 0 aromatic heterocycles. The third-order valence-corrected chi connectivity index (χ3v) is 4.07. The highest BCUT2D eigenvalue weighted by molar-refractivity contribution is 5.81. The van der Waals surface area contributed by atoms with Crippen LogP contribution in [0.1, 0.15) is 86.0 Å². The van der Waals surface area contributed by atoms with Gasteiger partial charge in [-0.15, -0.1) is 0 Å². The molecule has 4 nitrogen and oxygen atoms in total. The molecule has 158 valence electrons. The molecular formula is C20H34F3NO3. The summed E-state index contributed by atoms with van der Waals surface area (Å²) < 4.78 is 43.5. The van der Waals surface area contributed by atoms with Crippen LogP contribution in [0.15, 0.2) is 0 Å². The van der Waals surface area contributed by atoms with E-state index in [1.165, 1.54) is 0 Å². The van der Waals surface area contributed by atoms with Crippen molar-refractivity contribution >= 4 is 5.97 Å². The van der Waals surface area contributed by atoms with E-state index < -0.39 is 28.9 Å². The quantitative estimate of drug-likeness (QED) is 0.344. The van der Waals surface area contributed by atoms with Gasteiger partial charge in [-0.1, -0.05) is 57.3 Å². The van der Waals surface area contributed by atoms with E-state index in [-0.39, 0.29) is 12.8 Å². The molecule has 0 saturated heterocycles. The highest BCUT2D eigenvalue weighted by atomic mass is 19.4. The fourth-order valence-electron chi connectivity index (χ4n) is 2.31. The van der Waals surface area contributed by atoms with Crippen molar-refractivity contribution in [2.45, 2.75) is 109 Å². The number of alkyl halides is 3. The lowest BCUT2D eigenvalue weighted by Gasteiger charge is -2.30. The molecule has 0 radical (unpaired) electrons. The Morgan fingerprint density at radius 1 is 1.04 bits per heavy atom. The Morgan fingerprint density at radius 2 is 1.56 bits per heavy atom. The zero-order chi connectivity index (χ0) is 21.4. The van der Waals surface area contributed by atoms with E-state index in [0.717, 1.165) is 32.1 Å². The second-order valence-electron chi connectivity index (χ2n) is 8.22. The SMILES string of the molecule is CCCCCCCCC(N)(CC#CC(C)(O)C(F)(F)F)C(=O)OC(C)(C)C. The highest BCUT2D eigenvalue weighted by Gasteiger charge is 2.49. The van der Waals surface area contributed by atoms with E-state index in [0.29, 0.717) is 13.3 Å². The zero-order valence-corrected chi connectivity index (χ0v) is 17.1. The first-order chi connectivity index (χ1) is 12.1. The van der Waals surface area contributed by atoms with Crippen molar-refractivity contribution in [3.05, 3.63) is 0 Å². The Hall–Kier alpha value is -1.26. The van der Waals surface area contributed by atoms with Crippen molar-refractivity contribution in [3.8, 4) is 11.8 Å². The third-order valence-electron chi connectivity index (χ3n) is 4.07. The fourth-order valence-corrected chi connectivity index (χ4v) is 2.31. The number of hydrogen-bond donors (Lipinski definition) is 2. The van der Waals surface area contributed by atoms with Gasteiger partial charge in [-0.25, -0.2) is 0 Å². The summed E-state index contributed by atoms with van der Waals surface area (Å²) in [6.45, 7) is 7.75. The van der Waals surface area contributed by atoms with Crippen molar-refractivity contribution in [2.75, 3.05) is 0 Å². The summed E-state index contributed by atoms with van der Waals surface area (Å²) in [7, 11) is 0. The van der Waals surface area contributed by atoms with Crippen LogP contribution in [0.25, 0.3) is 0 Å². The number of ether oxygens (including phenoxy) is 1. The van der Waals surface area contributed by atoms with Gasteiger partial charge in [-0.2, -0.15) is 13.2 Å². The second kappa shape index (κ2) is 10.3. The van der Waals surface area contributed by atoms with Crippen LogP contribution < -0.4 is 5.73 Å². The molecule has 0 fully saturated rings. The summed E-state index contributed by atoms with van der Waals surface area (Å²) in [6, 6.07) is 0. The lowest BCUT2D eigenvalue weighted by atomic mass is 9.89. The molecule has 27 heavy (non-hydrogen) atoms. The number of carbonyl (C=O) groups is 1. The molecule has 0 aliphatic rings. The Morgan fingerprint density at radius 3 is 2.04 bits per heavy atom. The molecule has 0 aromatic carbocycles. The zero-order valence-electron chi connectivity index (χ0n) is 17.1. The van der Waals surface area contributed by atoms with Crippen LogP contribution in [0.3, 0.4) is 0 Å². The Bertz CT molecular complexity index is 527. The fraction of sp³-hybridized carbons (Fsp3) is 0.850. The van der Waals surface area contributed by atoms with Crippen LogP contribution in [-0.2, 0) is 9.53 Å². The molecule has 0 bridgehead atoms. The monoisotopic (exact) mass is 393 g/mol. The predicted molar refractivity (Wildman–Crippen MR) is 99.8 cm³/mol. The van der Waals surface area contributed by atoms with Gasteiger partial charge in [-0.05, 0) is 34.1 Å². The minimum absolute atomic E-state index is 0.261. The van der Waals surface area contributed by atoms with E-state index in [1.54, 1.807) is 26.7 Å². The van der Waals surface area contributed by atoms with Gasteiger partial charge in [0.2, 0.25) is 5.60 Å². The van der Waals surface area contributed by atoms with Crippen LogP contribution in [0, 0.1) is 11.8 Å². The van der Waals surface area contributed by atoms with Gasteiger partial charge < -0.3 is 15.6 Å². The van der Waals surface area contributed by atoms with E-state index in [4.69, 9.17) is 10.5 Å². The number of esters is 1. The van der Waals surface area contributed by atoms with Gasteiger partial charge >= 0.3 is 12.1 Å². The molecule has 0 spiro atoms. The number of rotatable bonds is 9. The van der Waals surface area contributed by atoms with Gasteiger partial charge in [0.25, 0.3) is 0 Å². The number of halogens is 3. The molecule has 2 atom stereocenters. The van der Waals surface area contributed by atoms with Gasteiger partial charge in [-0.3, -0.25) is 4.79 Å². The Labute approximate surface area is 161 Å². The van der Waals surface area contributed by atoms with E-state index in [2.05, 4.69) is 12.8 Å². The predicted octanol–water partition coefficient (Wildman–Crippen LogP) is 4.48. The molecule has 0 rings (SSSR count). The first kappa shape index (κ1) is 25.7. The van der Waals surface area contributed by atoms with Gasteiger partial charge in [0.15, 0.2) is 0 Å². The molecule has 0 aromatic rings. The molecule has 3 N–H and O–H groups in total. The van der Waals surface area contributed by atoms with Crippen molar-refractivity contribution in [1.29, 1.82) is 0 Å². The van der Waals surface area contributed by atoms with Crippen LogP contribution in [0.4, 0.5) is 13.2 Å². The van der Waals surface area contributed by atoms with Crippen LogP contribution >= 0.6 is 0 Å². The smallest absolute Gasteiger partial charge is 0.428 e. The lowest BCUT2D eigenvalue weighted by molar-refractivity contribution is -0.228. The molecule has 7 heteroatoms. The van der Waals surface area contributed by atoms with Crippen molar-refractivity contribution in [2.24, 2.45) is 5.73 Å². The van der Waals surface area contributed by atoms with Crippen LogP contribution in [0.5, 0.6) is 0 Å². The summed E-state index contributed by atoms with van der Waals surface area (Å²) in [5.41, 5.74) is 0.760. The summed E-state index contributed by atoms with van der Waals surface area (Å²) in [6.07, 6.45) is 0.932. The minimum atomic E-state index is -4.89. The maximum absolute atomic E-state index is 12.7. The Kier molecular flexibility index (Phi) is 9.85. The topological polar surface area (TPSA) is 72.5 Å². The van der Waals surface area contributed by atoms with Gasteiger partial charge in [0.05, 0.1) is 0 Å². The summed E-state index contributed by atoms with van der Waals surface area (Å²) >= 11 is 0. The first-order valence-electron chi connectivity index (χ1n) is 9.46. The van der Waals surface area contributed by atoms with Gasteiger partial charge in [0, 0.05) is 6.42 Å². The number of unbranched alkanes of at least 4 members (excludes halogenated alkanes) is 5. The lowest BCUT2D eigenvalue weighted by Crippen LogP contribution is -2.51. The first-order valence-corrected chi connectivity index (χ1v) is 9.46. The van der Waals surface area contributed by atoms with E-state index in [1.807, 2.05) is 0 Å². The standard InChI is InChI=1S/C20H34F3NO3/c1-6-7-8-9-10-11-14-19(24,16(25)27-17(2,3)4)15-12-13-18(5,26)20(21,22)23/h26H,6-11,14-15,24H2,1-5H3. The molecular weight excluding hydrogens is 359 g/mol. The van der Waals surface area contributed by atoms with Gasteiger partial charge in [0.1, 0.15) is 11.1 Å². The van der Waals surface area contributed by atoms with Crippen molar-refractivity contribution < 1.29 is 27.8 Å². The molecule has 2 unspecified atom stereocenters. The third kappa shape index (κ3) is 10.0. The number of aliphatic hydroxyl groups is 1. The maximum atomic E-state index is 12.7. The van der Waals surface area contributed by atoms with E-state index >= 15 is 0 Å². The summed E-state index contributed by atoms with van der Waals surface area (Å²) in [5, 5.41) is 9.41. The maximum Gasteiger partial charge on any atom is 0.428 e. The summed E-state index contributed by atoms with van der Waals surface area (Å²) in [4.78, 5) is 12.5. The van der Waals surface area contributed by atoms with Crippen molar-refractivity contribution in [3.63, 3.8) is 0 Å². The average Bonchev–Trinajstić information content (AvgIpc) is 2.47. The molecule has 0 saturated carbocycles. The number of nitrogens with two attached hydrogens (primary N) is 1.